The quantitative estimate of drug-likeness (QED) is 0.594. The van der Waals surface area contributed by atoms with Crippen molar-refractivity contribution < 1.29 is 9.84 Å². The van der Waals surface area contributed by atoms with Crippen LogP contribution in [0.15, 0.2) is 41.2 Å². The molecule has 4 heteroatoms. The molecule has 21 heavy (non-hydrogen) atoms. The van der Waals surface area contributed by atoms with E-state index in [1.807, 2.05) is 43.3 Å². The van der Waals surface area contributed by atoms with Crippen molar-refractivity contribution in [3.05, 3.63) is 57.7 Å². The maximum absolute atomic E-state index is 12.6. The number of aryl methyl sites for hydroxylation is 1. The minimum atomic E-state index is 0.0188. The molecule has 0 amide bonds. The van der Waals surface area contributed by atoms with Crippen molar-refractivity contribution in [3.8, 4) is 0 Å². The third kappa shape index (κ3) is 2.83. The highest BCUT2D eigenvalue weighted by atomic mass is 32.1. The van der Waals surface area contributed by atoms with Crippen LogP contribution in [0.2, 0.25) is 0 Å². The summed E-state index contributed by atoms with van der Waals surface area (Å²) in [5.41, 5.74) is 2.20. The summed E-state index contributed by atoms with van der Waals surface area (Å²) in [6.45, 7) is 2.79. The van der Waals surface area contributed by atoms with Crippen molar-refractivity contribution in [2.75, 3.05) is 13.2 Å². The van der Waals surface area contributed by atoms with Crippen LogP contribution in [0.1, 0.15) is 11.1 Å². The third-order valence-corrected chi connectivity index (χ3v) is 4.53. The Bertz CT molecular complexity index is 852. The predicted molar refractivity (Wildman–Crippen MR) is 87.1 cm³/mol. The van der Waals surface area contributed by atoms with E-state index in [1.165, 1.54) is 0 Å². The Labute approximate surface area is 126 Å². The molecule has 0 radical (unpaired) electrons. The second-order valence-electron chi connectivity index (χ2n) is 5.04. The molecular formula is C17H16O3S. The molecule has 0 unspecified atom stereocenters. The normalized spacial score (nSPS) is 11.3. The molecule has 3 nitrogen and oxygen atoms in total. The van der Waals surface area contributed by atoms with E-state index in [0.717, 1.165) is 31.3 Å². The number of benzene rings is 2. The summed E-state index contributed by atoms with van der Waals surface area (Å²) in [5.74, 6) is 0. The number of hydrogen-bond acceptors (Lipinski definition) is 4. The summed E-state index contributed by atoms with van der Waals surface area (Å²) < 4.78 is 7.31. The van der Waals surface area contributed by atoms with Crippen molar-refractivity contribution >= 4 is 31.5 Å². The average Bonchev–Trinajstić information content (AvgIpc) is 2.48. The monoisotopic (exact) mass is 300 g/mol. The van der Waals surface area contributed by atoms with Crippen LogP contribution in [0.4, 0.5) is 0 Å². The molecule has 0 fully saturated rings. The van der Waals surface area contributed by atoms with Gasteiger partial charge in [-0.2, -0.15) is 0 Å². The van der Waals surface area contributed by atoms with Gasteiger partial charge in [0.15, 0.2) is 5.43 Å². The first kappa shape index (κ1) is 14.2. The van der Waals surface area contributed by atoms with Gasteiger partial charge in [-0.3, -0.25) is 4.79 Å². The molecule has 1 aromatic heterocycles. The van der Waals surface area contributed by atoms with E-state index in [1.54, 1.807) is 11.3 Å². The SMILES string of the molecule is Cc1ccc2sc3cc(COCCO)ccc3c(=O)c2c1. The molecule has 0 saturated heterocycles. The van der Waals surface area contributed by atoms with E-state index in [-0.39, 0.29) is 12.0 Å². The molecular weight excluding hydrogens is 284 g/mol. The van der Waals surface area contributed by atoms with E-state index < -0.39 is 0 Å². The summed E-state index contributed by atoms with van der Waals surface area (Å²) in [5, 5.41) is 10.3. The van der Waals surface area contributed by atoms with Gasteiger partial charge < -0.3 is 9.84 Å². The van der Waals surface area contributed by atoms with Gasteiger partial charge >= 0.3 is 0 Å². The van der Waals surface area contributed by atoms with Crippen molar-refractivity contribution in [2.45, 2.75) is 13.5 Å². The predicted octanol–water partition coefficient (Wildman–Crippen LogP) is 3.23. The van der Waals surface area contributed by atoms with Gasteiger partial charge in [0.2, 0.25) is 0 Å². The van der Waals surface area contributed by atoms with Crippen LogP contribution in [0.3, 0.4) is 0 Å². The fourth-order valence-electron chi connectivity index (χ4n) is 2.36. The highest BCUT2D eigenvalue weighted by Gasteiger charge is 2.07. The van der Waals surface area contributed by atoms with Gasteiger partial charge in [0.05, 0.1) is 19.8 Å². The van der Waals surface area contributed by atoms with Crippen LogP contribution in [0.5, 0.6) is 0 Å². The van der Waals surface area contributed by atoms with Gasteiger partial charge in [-0.1, -0.05) is 17.7 Å². The number of aliphatic hydroxyl groups is 1. The smallest absolute Gasteiger partial charge is 0.195 e. The third-order valence-electron chi connectivity index (χ3n) is 3.39. The molecule has 1 N–H and O–H groups in total. The van der Waals surface area contributed by atoms with E-state index in [0.29, 0.717) is 13.2 Å². The maximum atomic E-state index is 12.6. The lowest BCUT2D eigenvalue weighted by molar-refractivity contribution is 0.0816. The molecule has 0 saturated carbocycles. The minimum absolute atomic E-state index is 0.0188. The number of rotatable bonds is 4. The number of ether oxygens (including phenoxy) is 1. The van der Waals surface area contributed by atoms with Crippen LogP contribution in [0.25, 0.3) is 20.2 Å². The molecule has 3 aromatic rings. The van der Waals surface area contributed by atoms with Crippen LogP contribution < -0.4 is 5.43 Å². The van der Waals surface area contributed by atoms with Gasteiger partial charge in [-0.05, 0) is 36.8 Å². The summed E-state index contributed by atoms with van der Waals surface area (Å²) in [6, 6.07) is 11.8. The van der Waals surface area contributed by atoms with Gasteiger partial charge in [-0.15, -0.1) is 11.3 Å². The molecule has 0 spiro atoms. The summed E-state index contributed by atoms with van der Waals surface area (Å²) >= 11 is 1.62. The first-order valence-corrected chi connectivity index (χ1v) is 7.65. The van der Waals surface area contributed by atoms with Crippen LogP contribution >= 0.6 is 11.3 Å². The Morgan fingerprint density at radius 2 is 1.95 bits per heavy atom. The molecule has 3 rings (SSSR count). The fraction of sp³-hybridized carbons (Fsp3) is 0.235. The molecule has 0 aliphatic rings. The van der Waals surface area contributed by atoms with E-state index in [4.69, 9.17) is 9.84 Å². The Morgan fingerprint density at radius 3 is 2.76 bits per heavy atom. The molecule has 2 aromatic carbocycles. The summed E-state index contributed by atoms with van der Waals surface area (Å²) in [4.78, 5) is 12.6. The summed E-state index contributed by atoms with van der Waals surface area (Å²) in [6.07, 6.45) is 0. The van der Waals surface area contributed by atoms with E-state index in [9.17, 15) is 4.79 Å². The van der Waals surface area contributed by atoms with Crippen LogP contribution in [-0.4, -0.2) is 18.3 Å². The zero-order chi connectivity index (χ0) is 14.8. The molecule has 0 atom stereocenters. The lowest BCUT2D eigenvalue weighted by atomic mass is 10.1. The number of hydrogen-bond donors (Lipinski definition) is 1. The zero-order valence-corrected chi connectivity index (χ0v) is 12.6. The van der Waals surface area contributed by atoms with Crippen molar-refractivity contribution in [3.63, 3.8) is 0 Å². The Hall–Kier alpha value is -1.75. The average molecular weight is 300 g/mol. The Kier molecular flexibility index (Phi) is 4.01. The maximum Gasteiger partial charge on any atom is 0.195 e. The van der Waals surface area contributed by atoms with Crippen molar-refractivity contribution in [2.24, 2.45) is 0 Å². The van der Waals surface area contributed by atoms with E-state index in [2.05, 4.69) is 0 Å². The standard InChI is InChI=1S/C17H16O3S/c1-11-2-5-15-14(8-11)17(19)13-4-3-12(9-16(13)21-15)10-20-7-6-18/h2-5,8-9,18H,6-7,10H2,1H3. The lowest BCUT2D eigenvalue weighted by Gasteiger charge is -2.06. The van der Waals surface area contributed by atoms with Crippen molar-refractivity contribution in [1.82, 2.24) is 0 Å². The highest BCUT2D eigenvalue weighted by molar-refractivity contribution is 7.24. The summed E-state index contributed by atoms with van der Waals surface area (Å²) in [7, 11) is 0. The largest absolute Gasteiger partial charge is 0.394 e. The number of aliphatic hydroxyl groups excluding tert-OH is 1. The van der Waals surface area contributed by atoms with Gasteiger partial charge in [0, 0.05) is 20.2 Å². The molecule has 0 bridgehead atoms. The topological polar surface area (TPSA) is 46.5 Å². The first-order chi connectivity index (χ1) is 10.2. The molecule has 0 aliphatic carbocycles. The van der Waals surface area contributed by atoms with E-state index >= 15 is 0 Å². The Morgan fingerprint density at radius 1 is 1.10 bits per heavy atom. The van der Waals surface area contributed by atoms with Crippen molar-refractivity contribution in [1.29, 1.82) is 0 Å². The zero-order valence-electron chi connectivity index (χ0n) is 11.8. The second kappa shape index (κ2) is 5.93. The fourth-order valence-corrected chi connectivity index (χ4v) is 3.47. The minimum Gasteiger partial charge on any atom is -0.394 e. The molecule has 0 aliphatic heterocycles. The van der Waals surface area contributed by atoms with Gasteiger partial charge in [0.25, 0.3) is 0 Å². The second-order valence-corrected chi connectivity index (χ2v) is 6.12. The van der Waals surface area contributed by atoms with Gasteiger partial charge in [-0.25, -0.2) is 0 Å². The first-order valence-electron chi connectivity index (χ1n) is 6.84. The lowest BCUT2D eigenvalue weighted by Crippen LogP contribution is -2.02. The molecule has 108 valence electrons. The Balaban J connectivity index is 2.11. The molecule has 1 heterocycles. The van der Waals surface area contributed by atoms with Crippen LogP contribution in [-0.2, 0) is 11.3 Å². The highest BCUT2D eigenvalue weighted by Crippen LogP contribution is 2.26. The number of fused-ring (bicyclic) bond motifs is 2. The van der Waals surface area contributed by atoms with Gasteiger partial charge in [0.1, 0.15) is 0 Å². The van der Waals surface area contributed by atoms with Crippen LogP contribution in [0, 0.1) is 6.92 Å².